The molecule has 0 bridgehead atoms. The van der Waals surface area contributed by atoms with Crippen molar-refractivity contribution in [3.05, 3.63) is 34.6 Å². The minimum Gasteiger partial charge on any atom is -0.383 e. The molecule has 0 atom stereocenters. The molecule has 0 aliphatic rings. The Kier molecular flexibility index (Phi) is 4.49. The van der Waals surface area contributed by atoms with Gasteiger partial charge in [-0.3, -0.25) is 9.36 Å². The van der Waals surface area contributed by atoms with Crippen molar-refractivity contribution in [3.8, 4) is 0 Å². The van der Waals surface area contributed by atoms with Crippen LogP contribution in [-0.4, -0.2) is 34.0 Å². The quantitative estimate of drug-likeness (QED) is 0.561. The number of fused-ring (bicyclic) bond motifs is 3. The van der Waals surface area contributed by atoms with Gasteiger partial charge in [-0.2, -0.15) is 0 Å². The number of para-hydroxylation sites is 1. The van der Waals surface area contributed by atoms with E-state index in [0.29, 0.717) is 18.7 Å². The van der Waals surface area contributed by atoms with E-state index < -0.39 is 0 Å². The van der Waals surface area contributed by atoms with Gasteiger partial charge in [0.25, 0.3) is 5.56 Å². The van der Waals surface area contributed by atoms with Crippen LogP contribution in [0.2, 0.25) is 0 Å². The second kappa shape index (κ2) is 6.54. The molecule has 2 aromatic heterocycles. The maximum atomic E-state index is 12.8. The molecule has 0 spiro atoms. The highest BCUT2D eigenvalue weighted by Gasteiger charge is 2.15. The Morgan fingerprint density at radius 1 is 1.36 bits per heavy atom. The Balaban J connectivity index is 2.23. The summed E-state index contributed by atoms with van der Waals surface area (Å²) in [6.07, 6.45) is 1.04. The molecule has 0 radical (unpaired) electrons. The molecule has 0 saturated carbocycles. The number of rotatable bonds is 6. The zero-order valence-corrected chi connectivity index (χ0v) is 13.6. The van der Waals surface area contributed by atoms with E-state index in [-0.39, 0.29) is 5.56 Å². The van der Waals surface area contributed by atoms with Crippen LogP contribution in [0.15, 0.2) is 34.2 Å². The number of benzene rings is 1. The Bertz CT molecular complexity index is 854. The molecule has 3 aromatic rings. The number of hydrogen-bond acceptors (Lipinski definition) is 4. The van der Waals surface area contributed by atoms with Crippen molar-refractivity contribution in [1.82, 2.24) is 14.5 Å². The van der Waals surface area contributed by atoms with Crippen LogP contribution in [0, 0.1) is 0 Å². The van der Waals surface area contributed by atoms with Crippen LogP contribution in [0.25, 0.3) is 21.9 Å². The highest BCUT2D eigenvalue weighted by molar-refractivity contribution is 7.99. The number of aromatic amines is 1. The SMILES string of the molecule is CCCSc1nc2c([nH]c3ccccc32)c(=O)n1CCOC. The predicted molar refractivity (Wildman–Crippen MR) is 90.8 cm³/mol. The number of methoxy groups -OCH3 is 1. The zero-order chi connectivity index (χ0) is 15.5. The lowest BCUT2D eigenvalue weighted by Crippen LogP contribution is -2.25. The average molecular weight is 317 g/mol. The number of aromatic nitrogens is 3. The Labute approximate surface area is 132 Å². The van der Waals surface area contributed by atoms with Gasteiger partial charge in [-0.25, -0.2) is 4.98 Å². The number of ether oxygens (including phenoxy) is 1. The Morgan fingerprint density at radius 3 is 2.95 bits per heavy atom. The van der Waals surface area contributed by atoms with E-state index in [1.54, 1.807) is 23.4 Å². The topological polar surface area (TPSA) is 59.9 Å². The van der Waals surface area contributed by atoms with Crippen molar-refractivity contribution in [3.63, 3.8) is 0 Å². The van der Waals surface area contributed by atoms with Crippen molar-refractivity contribution in [1.29, 1.82) is 0 Å². The van der Waals surface area contributed by atoms with Gasteiger partial charge in [0.05, 0.1) is 13.2 Å². The second-order valence-electron chi connectivity index (χ2n) is 5.09. The molecule has 1 N–H and O–H groups in total. The summed E-state index contributed by atoms with van der Waals surface area (Å²) < 4.78 is 6.83. The fourth-order valence-corrected chi connectivity index (χ4v) is 3.33. The van der Waals surface area contributed by atoms with E-state index in [2.05, 4.69) is 11.9 Å². The van der Waals surface area contributed by atoms with Crippen LogP contribution >= 0.6 is 11.8 Å². The maximum Gasteiger partial charge on any atom is 0.278 e. The summed E-state index contributed by atoms with van der Waals surface area (Å²) in [7, 11) is 1.64. The van der Waals surface area contributed by atoms with Crippen molar-refractivity contribution in [2.45, 2.75) is 25.0 Å². The molecule has 6 heteroatoms. The minimum atomic E-state index is -0.0307. The molecule has 5 nitrogen and oxygen atoms in total. The minimum absolute atomic E-state index is 0.0307. The van der Waals surface area contributed by atoms with E-state index in [0.717, 1.165) is 33.7 Å². The van der Waals surface area contributed by atoms with E-state index in [1.807, 2.05) is 24.3 Å². The molecule has 0 aliphatic heterocycles. The lowest BCUT2D eigenvalue weighted by Gasteiger charge is -2.11. The lowest BCUT2D eigenvalue weighted by molar-refractivity contribution is 0.183. The molecule has 1 aromatic carbocycles. The first-order valence-electron chi connectivity index (χ1n) is 7.39. The van der Waals surface area contributed by atoms with Gasteiger partial charge in [0.15, 0.2) is 5.16 Å². The number of nitrogens with one attached hydrogen (secondary N) is 1. The van der Waals surface area contributed by atoms with Gasteiger partial charge < -0.3 is 9.72 Å². The molecule has 0 aliphatic carbocycles. The Morgan fingerprint density at radius 2 is 2.18 bits per heavy atom. The van der Waals surface area contributed by atoms with Gasteiger partial charge in [0.2, 0.25) is 0 Å². The molecule has 22 heavy (non-hydrogen) atoms. The summed E-state index contributed by atoms with van der Waals surface area (Å²) in [5, 5.41) is 1.76. The third-order valence-electron chi connectivity index (χ3n) is 3.53. The number of H-pyrrole nitrogens is 1. The predicted octanol–water partition coefficient (Wildman–Crippen LogP) is 3.03. The van der Waals surface area contributed by atoms with Crippen LogP contribution in [-0.2, 0) is 11.3 Å². The Hall–Kier alpha value is -1.79. The van der Waals surface area contributed by atoms with Crippen molar-refractivity contribution >= 4 is 33.7 Å². The summed E-state index contributed by atoms with van der Waals surface area (Å²) >= 11 is 1.62. The summed E-state index contributed by atoms with van der Waals surface area (Å²) in [6, 6.07) is 7.88. The summed E-state index contributed by atoms with van der Waals surface area (Å²) in [6.45, 7) is 3.13. The third kappa shape index (κ3) is 2.64. The summed E-state index contributed by atoms with van der Waals surface area (Å²) in [4.78, 5) is 20.8. The molecule has 0 amide bonds. The molecule has 116 valence electrons. The fourth-order valence-electron chi connectivity index (χ4n) is 2.46. The van der Waals surface area contributed by atoms with E-state index in [9.17, 15) is 4.79 Å². The van der Waals surface area contributed by atoms with Crippen LogP contribution in [0.1, 0.15) is 13.3 Å². The van der Waals surface area contributed by atoms with Crippen molar-refractivity contribution in [2.75, 3.05) is 19.5 Å². The summed E-state index contributed by atoms with van der Waals surface area (Å²) in [5.41, 5.74) is 2.24. The van der Waals surface area contributed by atoms with Crippen LogP contribution in [0.5, 0.6) is 0 Å². The van der Waals surface area contributed by atoms with E-state index in [1.165, 1.54) is 0 Å². The van der Waals surface area contributed by atoms with Gasteiger partial charge in [-0.15, -0.1) is 0 Å². The van der Waals surface area contributed by atoms with Crippen LogP contribution in [0.3, 0.4) is 0 Å². The third-order valence-corrected chi connectivity index (χ3v) is 4.71. The van der Waals surface area contributed by atoms with E-state index in [4.69, 9.17) is 9.72 Å². The number of hydrogen-bond donors (Lipinski definition) is 1. The smallest absolute Gasteiger partial charge is 0.278 e. The van der Waals surface area contributed by atoms with Gasteiger partial charge in [0, 0.05) is 23.8 Å². The molecule has 3 rings (SSSR count). The summed E-state index contributed by atoms with van der Waals surface area (Å²) in [5.74, 6) is 0.938. The molecule has 0 fully saturated rings. The molecule has 2 heterocycles. The fraction of sp³-hybridized carbons (Fsp3) is 0.375. The largest absolute Gasteiger partial charge is 0.383 e. The first-order chi connectivity index (χ1) is 10.8. The highest BCUT2D eigenvalue weighted by atomic mass is 32.2. The zero-order valence-electron chi connectivity index (χ0n) is 12.8. The second-order valence-corrected chi connectivity index (χ2v) is 6.15. The first-order valence-corrected chi connectivity index (χ1v) is 8.37. The number of thioether (sulfide) groups is 1. The maximum absolute atomic E-state index is 12.8. The van der Waals surface area contributed by atoms with Crippen molar-refractivity contribution < 1.29 is 4.74 Å². The normalized spacial score (nSPS) is 11.5. The highest BCUT2D eigenvalue weighted by Crippen LogP contribution is 2.24. The molecule has 0 unspecified atom stereocenters. The molecule has 0 saturated heterocycles. The standard InChI is InChI=1S/C16H19N3O2S/c1-3-10-22-16-18-13-11-6-4-5-7-12(11)17-14(13)15(20)19(16)8-9-21-2/h4-7,17H,3,8-10H2,1-2H3. The molecular formula is C16H19N3O2S. The van der Waals surface area contributed by atoms with Crippen LogP contribution in [0.4, 0.5) is 0 Å². The molecular weight excluding hydrogens is 298 g/mol. The van der Waals surface area contributed by atoms with Gasteiger partial charge in [-0.05, 0) is 12.5 Å². The van der Waals surface area contributed by atoms with Gasteiger partial charge in [-0.1, -0.05) is 36.9 Å². The van der Waals surface area contributed by atoms with E-state index >= 15 is 0 Å². The van der Waals surface area contributed by atoms with Crippen molar-refractivity contribution in [2.24, 2.45) is 0 Å². The monoisotopic (exact) mass is 317 g/mol. The van der Waals surface area contributed by atoms with Gasteiger partial charge in [0.1, 0.15) is 11.0 Å². The number of nitrogens with zero attached hydrogens (tertiary/aromatic N) is 2. The van der Waals surface area contributed by atoms with Gasteiger partial charge >= 0.3 is 0 Å². The lowest BCUT2D eigenvalue weighted by atomic mass is 10.2. The van der Waals surface area contributed by atoms with Crippen LogP contribution < -0.4 is 5.56 Å². The first kappa shape index (κ1) is 15.1. The average Bonchev–Trinajstić information content (AvgIpc) is 2.91.